The van der Waals surface area contributed by atoms with Crippen LogP contribution in [-0.2, 0) is 6.54 Å². The highest BCUT2D eigenvalue weighted by atomic mass is 16.3. The molecule has 0 unspecified atom stereocenters. The number of hydrogen-bond donors (Lipinski definition) is 1. The van der Waals surface area contributed by atoms with Crippen molar-refractivity contribution in [2.24, 2.45) is 0 Å². The molecule has 0 saturated carbocycles. The Balaban J connectivity index is 1.74. The number of hydrogen-bond acceptors (Lipinski definition) is 5. The van der Waals surface area contributed by atoms with Crippen molar-refractivity contribution in [1.82, 2.24) is 9.88 Å². The summed E-state index contributed by atoms with van der Waals surface area (Å²) in [6.07, 6.45) is 2.45. The van der Waals surface area contributed by atoms with Crippen LogP contribution >= 0.6 is 0 Å². The quantitative estimate of drug-likeness (QED) is 0.908. The zero-order valence-corrected chi connectivity index (χ0v) is 14.6. The maximum Gasteiger partial charge on any atom is 0.146 e. The van der Waals surface area contributed by atoms with E-state index in [1.807, 2.05) is 6.07 Å². The van der Waals surface area contributed by atoms with Gasteiger partial charge >= 0.3 is 0 Å². The minimum atomic E-state index is 0.163. The number of anilines is 1. The van der Waals surface area contributed by atoms with E-state index < -0.39 is 0 Å². The number of aliphatic hydroxyl groups is 1. The van der Waals surface area contributed by atoms with Crippen molar-refractivity contribution in [2.45, 2.75) is 25.9 Å². The van der Waals surface area contributed by atoms with Crippen molar-refractivity contribution in [3.8, 4) is 6.07 Å². The molecular weight excluding hydrogens is 312 g/mol. The first-order valence-corrected chi connectivity index (χ1v) is 8.72. The van der Waals surface area contributed by atoms with Crippen molar-refractivity contribution >= 4 is 5.82 Å². The Hall–Kier alpha value is -2.42. The van der Waals surface area contributed by atoms with Crippen LogP contribution in [0.2, 0.25) is 0 Å². The van der Waals surface area contributed by atoms with Crippen LogP contribution in [0.3, 0.4) is 0 Å². The molecule has 3 rings (SSSR count). The van der Waals surface area contributed by atoms with Gasteiger partial charge < -0.3 is 10.0 Å². The van der Waals surface area contributed by atoms with Gasteiger partial charge in [-0.3, -0.25) is 4.90 Å². The lowest BCUT2D eigenvalue weighted by Crippen LogP contribution is -2.53. The van der Waals surface area contributed by atoms with Crippen LogP contribution < -0.4 is 4.90 Å². The monoisotopic (exact) mass is 336 g/mol. The molecule has 130 valence electrons. The van der Waals surface area contributed by atoms with Crippen molar-refractivity contribution in [3.05, 3.63) is 59.3 Å². The molecular formula is C20H24N4O. The predicted octanol–water partition coefficient (Wildman–Crippen LogP) is 2.33. The van der Waals surface area contributed by atoms with Gasteiger partial charge in [-0.05, 0) is 31.0 Å². The molecule has 0 bridgehead atoms. The van der Waals surface area contributed by atoms with Gasteiger partial charge in [0.15, 0.2) is 0 Å². The molecule has 0 aliphatic carbocycles. The first-order chi connectivity index (χ1) is 12.2. The van der Waals surface area contributed by atoms with Gasteiger partial charge in [0, 0.05) is 45.0 Å². The summed E-state index contributed by atoms with van der Waals surface area (Å²) < 4.78 is 0. The van der Waals surface area contributed by atoms with Crippen molar-refractivity contribution < 1.29 is 5.11 Å². The van der Waals surface area contributed by atoms with Crippen LogP contribution in [0.5, 0.6) is 0 Å². The number of aliphatic hydroxyl groups excluding tert-OH is 1. The van der Waals surface area contributed by atoms with Crippen LogP contribution in [0, 0.1) is 18.3 Å². The molecule has 0 amide bonds. The molecule has 1 atom stereocenters. The number of aryl methyl sites for hydroxylation is 1. The summed E-state index contributed by atoms with van der Waals surface area (Å²) in [7, 11) is 0. The Morgan fingerprint density at radius 3 is 2.76 bits per heavy atom. The van der Waals surface area contributed by atoms with Gasteiger partial charge in [-0.1, -0.05) is 29.8 Å². The number of piperazine rings is 1. The normalized spacial score (nSPS) is 18.1. The molecule has 0 radical (unpaired) electrons. The topological polar surface area (TPSA) is 63.4 Å². The van der Waals surface area contributed by atoms with Gasteiger partial charge in [-0.25, -0.2) is 4.98 Å². The second-order valence-corrected chi connectivity index (χ2v) is 6.55. The second kappa shape index (κ2) is 8.11. The molecule has 1 aliphatic heterocycles. The molecule has 5 heteroatoms. The molecule has 2 aromatic rings. The summed E-state index contributed by atoms with van der Waals surface area (Å²) in [5.41, 5.74) is 3.16. The highest BCUT2D eigenvalue weighted by Gasteiger charge is 2.28. The van der Waals surface area contributed by atoms with Gasteiger partial charge in [0.1, 0.15) is 11.9 Å². The smallest absolute Gasteiger partial charge is 0.146 e. The maximum absolute atomic E-state index is 9.48. The fourth-order valence-electron chi connectivity index (χ4n) is 3.38. The molecule has 1 aromatic heterocycles. The van der Waals surface area contributed by atoms with E-state index in [9.17, 15) is 10.4 Å². The number of nitrogens with zero attached hydrogens (tertiary/aromatic N) is 4. The Bertz CT molecular complexity index is 738. The van der Waals surface area contributed by atoms with Gasteiger partial charge in [0.25, 0.3) is 0 Å². The SMILES string of the molecule is Cc1ccc(CN2CCN(c3ncccc3C#N)C[C@@H]2CCO)cc1. The first-order valence-electron chi connectivity index (χ1n) is 8.72. The van der Waals surface area contributed by atoms with Gasteiger partial charge in [-0.2, -0.15) is 5.26 Å². The molecule has 1 fully saturated rings. The van der Waals surface area contributed by atoms with Crippen molar-refractivity contribution in [1.29, 1.82) is 5.26 Å². The Morgan fingerprint density at radius 1 is 1.24 bits per heavy atom. The van der Waals surface area contributed by atoms with Gasteiger partial charge in [-0.15, -0.1) is 0 Å². The minimum Gasteiger partial charge on any atom is -0.396 e. The van der Waals surface area contributed by atoms with Crippen LogP contribution in [0.15, 0.2) is 42.6 Å². The van der Waals surface area contributed by atoms with Gasteiger partial charge in [0.2, 0.25) is 0 Å². The van der Waals surface area contributed by atoms with E-state index >= 15 is 0 Å². The maximum atomic E-state index is 9.48. The first kappa shape index (κ1) is 17.4. The Morgan fingerprint density at radius 2 is 2.04 bits per heavy atom. The molecule has 25 heavy (non-hydrogen) atoms. The highest BCUT2D eigenvalue weighted by Crippen LogP contribution is 2.23. The van der Waals surface area contributed by atoms with Crippen LogP contribution in [0.25, 0.3) is 0 Å². The number of pyridine rings is 1. The third kappa shape index (κ3) is 4.16. The average molecular weight is 336 g/mol. The van der Waals surface area contributed by atoms with Crippen LogP contribution in [0.4, 0.5) is 5.82 Å². The lowest BCUT2D eigenvalue weighted by Gasteiger charge is -2.42. The third-order valence-electron chi connectivity index (χ3n) is 4.78. The van der Waals surface area contributed by atoms with E-state index in [1.54, 1.807) is 12.3 Å². The Kier molecular flexibility index (Phi) is 5.64. The predicted molar refractivity (Wildman–Crippen MR) is 98.2 cm³/mol. The van der Waals surface area contributed by atoms with Gasteiger partial charge in [0.05, 0.1) is 5.56 Å². The highest BCUT2D eigenvalue weighted by molar-refractivity contribution is 5.53. The van der Waals surface area contributed by atoms with Crippen molar-refractivity contribution in [2.75, 3.05) is 31.1 Å². The van der Waals surface area contributed by atoms with E-state index in [0.717, 1.165) is 38.4 Å². The number of benzene rings is 1. The fourth-order valence-corrected chi connectivity index (χ4v) is 3.38. The third-order valence-corrected chi connectivity index (χ3v) is 4.78. The molecule has 0 spiro atoms. The summed E-state index contributed by atoms with van der Waals surface area (Å²) in [6.45, 7) is 5.64. The summed E-state index contributed by atoms with van der Waals surface area (Å²) in [5, 5.41) is 18.8. The molecule has 1 aromatic carbocycles. The Labute approximate surface area is 149 Å². The summed E-state index contributed by atoms with van der Waals surface area (Å²) >= 11 is 0. The number of nitriles is 1. The fraction of sp³-hybridized carbons (Fsp3) is 0.400. The van der Waals surface area contributed by atoms with Crippen LogP contribution in [0.1, 0.15) is 23.1 Å². The number of aromatic nitrogens is 1. The second-order valence-electron chi connectivity index (χ2n) is 6.55. The summed E-state index contributed by atoms with van der Waals surface area (Å²) in [6, 6.07) is 14.7. The van der Waals surface area contributed by atoms with Crippen LogP contribution in [-0.4, -0.2) is 47.3 Å². The lowest BCUT2D eigenvalue weighted by atomic mass is 10.1. The number of rotatable bonds is 5. The largest absolute Gasteiger partial charge is 0.396 e. The molecule has 1 saturated heterocycles. The molecule has 5 nitrogen and oxygen atoms in total. The minimum absolute atomic E-state index is 0.163. The lowest BCUT2D eigenvalue weighted by molar-refractivity contribution is 0.135. The zero-order valence-electron chi connectivity index (χ0n) is 14.6. The van der Waals surface area contributed by atoms with E-state index in [0.29, 0.717) is 5.56 Å². The standard InChI is InChI=1S/C20H24N4O/c1-16-4-6-17(7-5-16)14-23-10-11-24(15-19(23)8-12-25)20-18(13-21)3-2-9-22-20/h2-7,9,19,25H,8,10-12,14-15H2,1H3/t19-/m0/s1. The summed E-state index contributed by atoms with van der Waals surface area (Å²) in [4.78, 5) is 9.00. The molecule has 1 aliphatic rings. The van der Waals surface area contributed by atoms with E-state index in [4.69, 9.17) is 0 Å². The zero-order chi connectivity index (χ0) is 17.6. The molecule has 2 heterocycles. The van der Waals surface area contributed by atoms with E-state index in [-0.39, 0.29) is 12.6 Å². The summed E-state index contributed by atoms with van der Waals surface area (Å²) in [5.74, 6) is 0.753. The van der Waals surface area contributed by atoms with E-state index in [1.165, 1.54) is 11.1 Å². The molecule has 1 N–H and O–H groups in total. The van der Waals surface area contributed by atoms with E-state index in [2.05, 4.69) is 52.0 Å². The average Bonchev–Trinajstić information content (AvgIpc) is 2.65. The van der Waals surface area contributed by atoms with Crippen molar-refractivity contribution in [3.63, 3.8) is 0 Å².